The number of ether oxygens (including phenoxy) is 2. The molecule has 0 bridgehead atoms. The Morgan fingerprint density at radius 1 is 1.12 bits per heavy atom. The normalized spacial score (nSPS) is 18.8. The van der Waals surface area contributed by atoms with Crippen LogP contribution >= 0.6 is 0 Å². The molecule has 26 heavy (non-hydrogen) atoms. The first kappa shape index (κ1) is 16.3. The van der Waals surface area contributed by atoms with Crippen LogP contribution in [0.4, 0.5) is 10.5 Å². The van der Waals surface area contributed by atoms with Crippen molar-refractivity contribution in [3.63, 3.8) is 0 Å². The Balaban J connectivity index is 1.56. The number of hydrogen-bond donors (Lipinski definition) is 2. The van der Waals surface area contributed by atoms with Crippen molar-refractivity contribution < 1.29 is 19.1 Å². The number of hydrogen-bond acceptors (Lipinski definition) is 4. The van der Waals surface area contributed by atoms with E-state index in [-0.39, 0.29) is 31.2 Å². The van der Waals surface area contributed by atoms with Crippen molar-refractivity contribution in [2.75, 3.05) is 25.2 Å². The Labute approximate surface area is 150 Å². The van der Waals surface area contributed by atoms with Crippen molar-refractivity contribution in [1.82, 2.24) is 10.2 Å². The first-order valence-corrected chi connectivity index (χ1v) is 8.49. The van der Waals surface area contributed by atoms with Crippen molar-refractivity contribution in [2.45, 2.75) is 12.5 Å². The molecule has 4 rings (SSSR count). The smallest absolute Gasteiger partial charge is 0.322 e. The predicted molar refractivity (Wildman–Crippen MR) is 95.1 cm³/mol. The molecule has 2 aromatic carbocycles. The van der Waals surface area contributed by atoms with Crippen LogP contribution in [0, 0.1) is 0 Å². The second-order valence-electron chi connectivity index (χ2n) is 6.17. The summed E-state index contributed by atoms with van der Waals surface area (Å²) in [5.41, 5.74) is 1.56. The molecule has 2 aliphatic rings. The zero-order valence-corrected chi connectivity index (χ0v) is 14.1. The number of carbonyl (C=O) groups is 2. The number of fused-ring (bicyclic) bond motifs is 1. The fourth-order valence-electron chi connectivity index (χ4n) is 3.22. The van der Waals surface area contributed by atoms with E-state index < -0.39 is 0 Å². The molecule has 0 unspecified atom stereocenters. The molecule has 2 N–H and O–H groups in total. The number of anilines is 1. The van der Waals surface area contributed by atoms with E-state index in [1.807, 2.05) is 30.3 Å². The number of urea groups is 1. The average molecular weight is 353 g/mol. The Bertz CT molecular complexity index is 825. The zero-order chi connectivity index (χ0) is 17.9. The van der Waals surface area contributed by atoms with Gasteiger partial charge in [0.2, 0.25) is 12.7 Å². The second kappa shape index (κ2) is 6.95. The van der Waals surface area contributed by atoms with Crippen molar-refractivity contribution in [3.05, 3.63) is 54.1 Å². The molecule has 1 fully saturated rings. The van der Waals surface area contributed by atoms with E-state index in [1.54, 1.807) is 23.1 Å². The molecule has 3 amide bonds. The van der Waals surface area contributed by atoms with Crippen molar-refractivity contribution in [1.29, 1.82) is 0 Å². The molecule has 0 aromatic heterocycles. The molecule has 1 saturated heterocycles. The molecule has 1 atom stereocenters. The minimum atomic E-state index is -0.312. The Morgan fingerprint density at radius 3 is 2.77 bits per heavy atom. The highest BCUT2D eigenvalue weighted by Crippen LogP contribution is 2.34. The monoisotopic (exact) mass is 353 g/mol. The first-order chi connectivity index (χ1) is 12.7. The first-order valence-electron chi connectivity index (χ1n) is 8.49. The van der Waals surface area contributed by atoms with Gasteiger partial charge in [0.05, 0.1) is 12.5 Å². The van der Waals surface area contributed by atoms with Gasteiger partial charge in [0.25, 0.3) is 0 Å². The number of amides is 3. The lowest BCUT2D eigenvalue weighted by Gasteiger charge is -2.29. The summed E-state index contributed by atoms with van der Waals surface area (Å²) in [6, 6.07) is 14.3. The van der Waals surface area contributed by atoms with Crippen LogP contribution in [0.2, 0.25) is 0 Å². The largest absolute Gasteiger partial charge is 0.454 e. The number of rotatable bonds is 2. The maximum atomic E-state index is 12.9. The van der Waals surface area contributed by atoms with Gasteiger partial charge in [-0.05, 0) is 17.7 Å². The van der Waals surface area contributed by atoms with Gasteiger partial charge in [-0.25, -0.2) is 4.79 Å². The van der Waals surface area contributed by atoms with Gasteiger partial charge in [-0.2, -0.15) is 0 Å². The van der Waals surface area contributed by atoms with Gasteiger partial charge in [0, 0.05) is 24.8 Å². The molecule has 7 nitrogen and oxygen atoms in total. The zero-order valence-electron chi connectivity index (χ0n) is 14.1. The lowest BCUT2D eigenvalue weighted by molar-refractivity contribution is -0.121. The maximum absolute atomic E-state index is 12.9. The minimum absolute atomic E-state index is 0.0581. The molecule has 2 heterocycles. The average Bonchev–Trinajstić information content (AvgIpc) is 3.03. The Morgan fingerprint density at radius 2 is 1.92 bits per heavy atom. The molecule has 7 heteroatoms. The van der Waals surface area contributed by atoms with Gasteiger partial charge in [0.1, 0.15) is 0 Å². The minimum Gasteiger partial charge on any atom is -0.454 e. The summed E-state index contributed by atoms with van der Waals surface area (Å²) in [5, 5.41) is 5.73. The van der Waals surface area contributed by atoms with Crippen LogP contribution in [-0.2, 0) is 4.79 Å². The molecular formula is C19H19N3O4. The van der Waals surface area contributed by atoms with E-state index >= 15 is 0 Å². The number of benzene rings is 2. The third-order valence-corrected chi connectivity index (χ3v) is 4.50. The summed E-state index contributed by atoms with van der Waals surface area (Å²) in [5.74, 6) is 1.21. The highest BCUT2D eigenvalue weighted by atomic mass is 16.7. The van der Waals surface area contributed by atoms with Gasteiger partial charge >= 0.3 is 6.03 Å². The van der Waals surface area contributed by atoms with E-state index in [2.05, 4.69) is 10.6 Å². The molecule has 0 aliphatic carbocycles. The van der Waals surface area contributed by atoms with Crippen LogP contribution < -0.4 is 20.1 Å². The van der Waals surface area contributed by atoms with Crippen molar-refractivity contribution in [3.8, 4) is 11.5 Å². The van der Waals surface area contributed by atoms with E-state index in [4.69, 9.17) is 9.47 Å². The highest BCUT2D eigenvalue weighted by Gasteiger charge is 2.30. The molecule has 2 aliphatic heterocycles. The highest BCUT2D eigenvalue weighted by molar-refractivity contribution is 5.91. The third kappa shape index (κ3) is 3.28. The maximum Gasteiger partial charge on any atom is 0.322 e. The fourth-order valence-corrected chi connectivity index (χ4v) is 3.22. The van der Waals surface area contributed by atoms with Crippen molar-refractivity contribution >= 4 is 17.6 Å². The molecular weight excluding hydrogens is 334 g/mol. The SMILES string of the molecule is O=C1C[C@H](c2ccccc2)N(C(=O)Nc2ccc3c(c2)OCO3)CCN1. The number of nitrogens with zero attached hydrogens (tertiary/aromatic N) is 1. The Hall–Kier alpha value is -3.22. The van der Waals surface area contributed by atoms with Crippen LogP contribution in [0.15, 0.2) is 48.5 Å². The van der Waals surface area contributed by atoms with Gasteiger partial charge in [0.15, 0.2) is 11.5 Å². The second-order valence-corrected chi connectivity index (χ2v) is 6.17. The lowest BCUT2D eigenvalue weighted by Crippen LogP contribution is -2.39. The van der Waals surface area contributed by atoms with Crippen LogP contribution in [0.3, 0.4) is 0 Å². The molecule has 0 spiro atoms. The summed E-state index contributed by atoms with van der Waals surface area (Å²) in [6.45, 7) is 1.04. The summed E-state index contributed by atoms with van der Waals surface area (Å²) >= 11 is 0. The summed E-state index contributed by atoms with van der Waals surface area (Å²) in [6.07, 6.45) is 0.235. The molecule has 2 aromatic rings. The lowest BCUT2D eigenvalue weighted by atomic mass is 10.0. The van der Waals surface area contributed by atoms with Crippen LogP contribution in [0.1, 0.15) is 18.0 Å². The van der Waals surface area contributed by atoms with Crippen molar-refractivity contribution in [2.24, 2.45) is 0 Å². The molecule has 134 valence electrons. The van der Waals surface area contributed by atoms with Crippen LogP contribution in [0.25, 0.3) is 0 Å². The Kier molecular flexibility index (Phi) is 4.35. The number of nitrogens with one attached hydrogen (secondary N) is 2. The molecule has 0 saturated carbocycles. The molecule has 0 radical (unpaired) electrons. The van der Waals surface area contributed by atoms with Gasteiger partial charge < -0.3 is 25.0 Å². The topological polar surface area (TPSA) is 79.9 Å². The number of carbonyl (C=O) groups excluding carboxylic acids is 2. The van der Waals surface area contributed by atoms with Crippen LogP contribution in [-0.4, -0.2) is 36.7 Å². The van der Waals surface area contributed by atoms with Gasteiger partial charge in [-0.1, -0.05) is 30.3 Å². The summed E-state index contributed by atoms with van der Waals surface area (Å²) < 4.78 is 10.6. The van der Waals surface area contributed by atoms with Crippen LogP contribution in [0.5, 0.6) is 11.5 Å². The summed E-state index contributed by atoms with van der Waals surface area (Å²) in [4.78, 5) is 26.6. The van der Waals surface area contributed by atoms with Gasteiger partial charge in [-0.15, -0.1) is 0 Å². The predicted octanol–water partition coefficient (Wildman–Crippen LogP) is 2.51. The quantitative estimate of drug-likeness (QED) is 0.869. The van der Waals surface area contributed by atoms with E-state index in [1.165, 1.54) is 0 Å². The summed E-state index contributed by atoms with van der Waals surface area (Å²) in [7, 11) is 0. The fraction of sp³-hybridized carbons (Fsp3) is 0.263. The third-order valence-electron chi connectivity index (χ3n) is 4.50. The van der Waals surface area contributed by atoms with E-state index in [0.717, 1.165) is 5.56 Å². The van der Waals surface area contributed by atoms with Gasteiger partial charge in [-0.3, -0.25) is 4.79 Å². The van der Waals surface area contributed by atoms with E-state index in [0.29, 0.717) is 30.3 Å². The van der Waals surface area contributed by atoms with E-state index in [9.17, 15) is 9.59 Å². The standard InChI is InChI=1S/C19H19N3O4/c23-18-11-15(13-4-2-1-3-5-13)22(9-8-20-18)19(24)21-14-6-7-16-17(10-14)26-12-25-16/h1-7,10,15H,8-9,11-12H2,(H,20,23)(H,21,24)/t15-/m1/s1.